The maximum Gasteiger partial charge on any atom is 0.305 e. The molecular formula is C9H19O3Y2-. The topological polar surface area (TPSA) is 43.4 Å². The Balaban J connectivity index is -0.0000000505. The quantitative estimate of drug-likeness (QED) is 0.576. The number of hydrogen-bond donors (Lipinski definition) is 0. The first-order valence-corrected chi connectivity index (χ1v) is 3.73. The van der Waals surface area contributed by atoms with E-state index in [2.05, 4.69) is 4.74 Å². The number of rotatable bonds is 3. The number of carbonyl (C=O) groups is 2. The van der Waals surface area contributed by atoms with Gasteiger partial charge < -0.3 is 17.0 Å². The van der Waals surface area contributed by atoms with Crippen LogP contribution in [0.15, 0.2) is 0 Å². The number of carbonyl (C=O) groups excluding carboxylic acids is 2. The SMILES string of the molecule is CC.COC(=O)CCC(C)=O.[CH3-].[Y].[Y]. The summed E-state index contributed by atoms with van der Waals surface area (Å²) in [4.78, 5) is 20.6. The van der Waals surface area contributed by atoms with Crippen LogP contribution >= 0.6 is 0 Å². The van der Waals surface area contributed by atoms with Crippen LogP contribution < -0.4 is 0 Å². The van der Waals surface area contributed by atoms with Crippen molar-refractivity contribution in [2.24, 2.45) is 0 Å². The van der Waals surface area contributed by atoms with Crippen LogP contribution in [0.1, 0.15) is 33.6 Å². The molecule has 0 spiro atoms. The monoisotopic (exact) mass is 353 g/mol. The zero-order valence-electron chi connectivity index (χ0n) is 9.79. The summed E-state index contributed by atoms with van der Waals surface area (Å²) in [5, 5.41) is 0. The molecule has 0 aromatic heterocycles. The molecule has 0 N–H and O–H groups in total. The summed E-state index contributed by atoms with van der Waals surface area (Å²) in [5.41, 5.74) is 0. The molecule has 0 bridgehead atoms. The van der Waals surface area contributed by atoms with E-state index in [1.54, 1.807) is 0 Å². The zero-order chi connectivity index (χ0) is 9.28. The van der Waals surface area contributed by atoms with E-state index in [-0.39, 0.29) is 97.4 Å². The first-order valence-electron chi connectivity index (χ1n) is 3.73. The molecule has 0 aliphatic rings. The molecule has 80 valence electrons. The molecule has 0 aromatic carbocycles. The van der Waals surface area contributed by atoms with Gasteiger partial charge in [-0.3, -0.25) is 4.79 Å². The second-order valence-electron chi connectivity index (χ2n) is 1.78. The first-order chi connectivity index (χ1) is 5.16. The Hall–Kier alpha value is 1.35. The molecule has 2 radical (unpaired) electrons. The third kappa shape index (κ3) is 29.2. The zero-order valence-corrected chi connectivity index (χ0v) is 15.5. The minimum absolute atomic E-state index is 0. The van der Waals surface area contributed by atoms with Gasteiger partial charge in [0, 0.05) is 71.8 Å². The molecule has 0 heterocycles. The molecular weight excluding hydrogens is 334 g/mol. The summed E-state index contributed by atoms with van der Waals surface area (Å²) < 4.78 is 4.31. The fourth-order valence-electron chi connectivity index (χ4n) is 0.380. The Bertz CT molecular complexity index is 127. The van der Waals surface area contributed by atoms with Crippen molar-refractivity contribution < 1.29 is 79.7 Å². The van der Waals surface area contributed by atoms with E-state index < -0.39 is 0 Å². The Morgan fingerprint density at radius 2 is 1.43 bits per heavy atom. The van der Waals surface area contributed by atoms with Gasteiger partial charge in [0.05, 0.1) is 13.5 Å². The van der Waals surface area contributed by atoms with Gasteiger partial charge >= 0.3 is 5.97 Å². The van der Waals surface area contributed by atoms with E-state index in [0.717, 1.165) is 0 Å². The summed E-state index contributed by atoms with van der Waals surface area (Å²) in [6.07, 6.45) is 0.485. The maximum absolute atomic E-state index is 10.3. The minimum atomic E-state index is -0.329. The molecule has 3 nitrogen and oxygen atoms in total. The molecule has 0 fully saturated rings. The molecule has 0 atom stereocenters. The van der Waals surface area contributed by atoms with Crippen LogP contribution in [-0.4, -0.2) is 18.9 Å². The standard InChI is InChI=1S/C6H10O3.C2H6.CH3.2Y/c1-5(7)3-4-6(8)9-2;1-2;;;/h3-4H2,1-2H3;1-2H3;1H3;;/q;;-1;;. The Morgan fingerprint density at radius 1 is 1.07 bits per heavy atom. The third-order valence-electron chi connectivity index (χ3n) is 0.909. The Morgan fingerprint density at radius 3 is 1.64 bits per heavy atom. The van der Waals surface area contributed by atoms with Gasteiger partial charge in [-0.25, -0.2) is 0 Å². The van der Waals surface area contributed by atoms with Gasteiger partial charge in [-0.2, -0.15) is 0 Å². The van der Waals surface area contributed by atoms with E-state index >= 15 is 0 Å². The average Bonchev–Trinajstić information content (AvgIpc) is 2.04. The van der Waals surface area contributed by atoms with Gasteiger partial charge in [0.25, 0.3) is 0 Å². The molecule has 5 heteroatoms. The number of esters is 1. The summed E-state index contributed by atoms with van der Waals surface area (Å²) in [5.74, 6) is -0.314. The van der Waals surface area contributed by atoms with Crippen LogP contribution in [0.5, 0.6) is 0 Å². The van der Waals surface area contributed by atoms with E-state index in [1.807, 2.05) is 13.8 Å². The van der Waals surface area contributed by atoms with Crippen molar-refractivity contribution in [2.75, 3.05) is 7.11 Å². The Labute approximate surface area is 138 Å². The number of methoxy groups -OCH3 is 1. The first kappa shape index (κ1) is 29.5. The summed E-state index contributed by atoms with van der Waals surface area (Å²) in [6.45, 7) is 5.45. The Kier molecular flexibility index (Phi) is 50.3. The van der Waals surface area contributed by atoms with Crippen molar-refractivity contribution in [3.63, 3.8) is 0 Å². The van der Waals surface area contributed by atoms with Crippen LogP contribution in [0, 0.1) is 7.43 Å². The van der Waals surface area contributed by atoms with Gasteiger partial charge in [-0.15, -0.1) is 0 Å². The largest absolute Gasteiger partial charge is 0.469 e. The predicted octanol–water partition coefficient (Wildman–Crippen LogP) is 2.00. The minimum Gasteiger partial charge on any atom is -0.469 e. The van der Waals surface area contributed by atoms with Crippen molar-refractivity contribution in [1.29, 1.82) is 0 Å². The molecule has 14 heavy (non-hydrogen) atoms. The van der Waals surface area contributed by atoms with Crippen molar-refractivity contribution in [3.05, 3.63) is 7.43 Å². The maximum atomic E-state index is 10.3. The van der Waals surface area contributed by atoms with E-state index in [1.165, 1.54) is 14.0 Å². The molecule has 0 saturated heterocycles. The molecule has 0 amide bonds. The third-order valence-corrected chi connectivity index (χ3v) is 0.909. The van der Waals surface area contributed by atoms with Crippen LogP contribution in [0.2, 0.25) is 0 Å². The average molecular weight is 353 g/mol. The predicted molar refractivity (Wildman–Crippen MR) is 49.7 cm³/mol. The number of Topliss-reactive ketones (excluding diaryl/α,β-unsaturated/α-hetero) is 1. The molecule has 0 rings (SSSR count). The second kappa shape index (κ2) is 23.9. The van der Waals surface area contributed by atoms with Gasteiger partial charge in [-0.1, -0.05) is 13.8 Å². The van der Waals surface area contributed by atoms with Gasteiger partial charge in [0.1, 0.15) is 5.78 Å². The second-order valence-corrected chi connectivity index (χ2v) is 1.78. The van der Waals surface area contributed by atoms with E-state index in [4.69, 9.17) is 0 Å². The smallest absolute Gasteiger partial charge is 0.305 e. The van der Waals surface area contributed by atoms with Crippen molar-refractivity contribution in [1.82, 2.24) is 0 Å². The molecule has 0 aliphatic heterocycles. The van der Waals surface area contributed by atoms with Gasteiger partial charge in [0.15, 0.2) is 0 Å². The molecule has 0 unspecified atom stereocenters. The summed E-state index contributed by atoms with van der Waals surface area (Å²) in [7, 11) is 1.31. The number of ketones is 1. The van der Waals surface area contributed by atoms with Gasteiger partial charge in [0.2, 0.25) is 0 Å². The van der Waals surface area contributed by atoms with Crippen LogP contribution in [0.25, 0.3) is 0 Å². The van der Waals surface area contributed by atoms with Crippen LogP contribution in [0.4, 0.5) is 0 Å². The molecule has 0 aromatic rings. The van der Waals surface area contributed by atoms with Crippen molar-refractivity contribution in [3.8, 4) is 0 Å². The molecule has 0 aliphatic carbocycles. The number of ether oxygens (including phenoxy) is 1. The van der Waals surface area contributed by atoms with Gasteiger partial charge in [-0.05, 0) is 6.92 Å². The van der Waals surface area contributed by atoms with E-state index in [0.29, 0.717) is 0 Å². The molecule has 0 saturated carbocycles. The number of hydrogen-bond acceptors (Lipinski definition) is 3. The fraction of sp³-hybridized carbons (Fsp3) is 0.667. The van der Waals surface area contributed by atoms with Crippen LogP contribution in [0.3, 0.4) is 0 Å². The van der Waals surface area contributed by atoms with E-state index in [9.17, 15) is 9.59 Å². The van der Waals surface area contributed by atoms with Crippen molar-refractivity contribution in [2.45, 2.75) is 33.6 Å². The normalized spacial score (nSPS) is 6.00. The summed E-state index contributed by atoms with van der Waals surface area (Å²) >= 11 is 0. The van der Waals surface area contributed by atoms with Crippen LogP contribution in [-0.2, 0) is 79.7 Å². The summed E-state index contributed by atoms with van der Waals surface area (Å²) in [6, 6.07) is 0. The van der Waals surface area contributed by atoms with Crippen molar-refractivity contribution >= 4 is 11.8 Å². The fourth-order valence-corrected chi connectivity index (χ4v) is 0.380.